The highest BCUT2D eigenvalue weighted by Crippen LogP contribution is 2.36. The molecule has 21 heavy (non-hydrogen) atoms. The van der Waals surface area contributed by atoms with Crippen LogP contribution in [0.4, 0.5) is 0 Å². The summed E-state index contributed by atoms with van der Waals surface area (Å²) >= 11 is 0. The second-order valence-electron chi connectivity index (χ2n) is 6.20. The van der Waals surface area contributed by atoms with E-state index in [1.165, 1.54) is 41.3 Å². The third-order valence-corrected chi connectivity index (χ3v) is 6.30. The lowest BCUT2D eigenvalue weighted by molar-refractivity contribution is 0.893. The molecular formula is C20H27P. The van der Waals surface area contributed by atoms with E-state index in [9.17, 15) is 0 Å². The largest absolute Gasteiger partial charge is 0.0654 e. The van der Waals surface area contributed by atoms with E-state index in [1.54, 1.807) is 10.6 Å². The molecule has 0 N–H and O–H groups in total. The predicted molar refractivity (Wildman–Crippen MR) is 97.8 cm³/mol. The van der Waals surface area contributed by atoms with Crippen molar-refractivity contribution in [3.05, 3.63) is 58.7 Å². The highest BCUT2D eigenvalue weighted by molar-refractivity contribution is 7.73. The fourth-order valence-corrected chi connectivity index (χ4v) is 5.82. The van der Waals surface area contributed by atoms with Crippen LogP contribution >= 0.6 is 7.92 Å². The van der Waals surface area contributed by atoms with Gasteiger partial charge in [0.15, 0.2) is 0 Å². The number of aryl methyl sites for hydroxylation is 4. The Morgan fingerprint density at radius 2 is 1.05 bits per heavy atom. The average Bonchev–Trinajstić information content (AvgIpc) is 2.37. The Morgan fingerprint density at radius 3 is 1.38 bits per heavy atom. The molecule has 2 rings (SSSR count). The predicted octanol–water partition coefficient (Wildman–Crippen LogP) is 5.15. The molecule has 0 heterocycles. The standard InChI is InChI=1S/C20H27P/c1-6-7-8-21(19-11-15(2)9-16(3)12-19)20-13-17(4)10-18(5)14-20/h9-14H,6-8H2,1-5H3. The summed E-state index contributed by atoms with van der Waals surface area (Å²) in [5, 5.41) is 3.09. The molecule has 0 aliphatic heterocycles. The van der Waals surface area contributed by atoms with E-state index >= 15 is 0 Å². The van der Waals surface area contributed by atoms with Gasteiger partial charge in [0.1, 0.15) is 0 Å². The monoisotopic (exact) mass is 298 g/mol. The summed E-state index contributed by atoms with van der Waals surface area (Å²) in [6.07, 6.45) is 3.89. The van der Waals surface area contributed by atoms with E-state index in [2.05, 4.69) is 71.0 Å². The van der Waals surface area contributed by atoms with Crippen LogP contribution in [0.3, 0.4) is 0 Å². The van der Waals surface area contributed by atoms with E-state index in [-0.39, 0.29) is 7.92 Å². The molecule has 0 nitrogen and oxygen atoms in total. The molecule has 0 spiro atoms. The fraction of sp³-hybridized carbons (Fsp3) is 0.400. The Bertz CT molecular complexity index is 521. The molecule has 0 bridgehead atoms. The Labute approximate surface area is 131 Å². The van der Waals surface area contributed by atoms with Crippen molar-refractivity contribution in [1.82, 2.24) is 0 Å². The number of benzene rings is 2. The third kappa shape index (κ3) is 4.42. The smallest absolute Gasteiger partial charge is 0.0190 e. The topological polar surface area (TPSA) is 0 Å². The second kappa shape index (κ2) is 7.23. The normalized spacial score (nSPS) is 11.1. The third-order valence-electron chi connectivity index (χ3n) is 3.77. The minimum atomic E-state index is -0.222. The second-order valence-corrected chi connectivity index (χ2v) is 8.53. The Kier molecular flexibility index (Phi) is 5.59. The van der Waals surface area contributed by atoms with Gasteiger partial charge in [0.05, 0.1) is 0 Å². The molecule has 2 aromatic rings. The van der Waals surface area contributed by atoms with Crippen molar-refractivity contribution in [1.29, 1.82) is 0 Å². The lowest BCUT2D eigenvalue weighted by Crippen LogP contribution is -2.16. The van der Waals surface area contributed by atoms with Gasteiger partial charge in [-0.2, -0.15) is 0 Å². The van der Waals surface area contributed by atoms with Crippen molar-refractivity contribution in [2.24, 2.45) is 0 Å². The van der Waals surface area contributed by atoms with Gasteiger partial charge in [-0.15, -0.1) is 0 Å². The molecule has 0 aliphatic rings. The molecule has 112 valence electrons. The van der Waals surface area contributed by atoms with Crippen molar-refractivity contribution >= 4 is 18.5 Å². The molecule has 0 saturated heterocycles. The van der Waals surface area contributed by atoms with Crippen LogP contribution in [0.2, 0.25) is 0 Å². The van der Waals surface area contributed by atoms with Gasteiger partial charge in [0.25, 0.3) is 0 Å². The van der Waals surface area contributed by atoms with Gasteiger partial charge >= 0.3 is 0 Å². The fourth-order valence-electron chi connectivity index (χ4n) is 2.94. The summed E-state index contributed by atoms with van der Waals surface area (Å²) in [5.74, 6) is 0. The molecule has 1 heteroatoms. The van der Waals surface area contributed by atoms with Gasteiger partial charge in [-0.05, 0) is 58.8 Å². The molecule has 0 saturated carbocycles. The molecule has 0 radical (unpaired) electrons. The van der Waals surface area contributed by atoms with Crippen LogP contribution in [0.1, 0.15) is 42.0 Å². The summed E-state index contributed by atoms with van der Waals surface area (Å²) in [6.45, 7) is 11.1. The van der Waals surface area contributed by atoms with Crippen LogP contribution < -0.4 is 10.6 Å². The van der Waals surface area contributed by atoms with Gasteiger partial charge in [0.2, 0.25) is 0 Å². The summed E-state index contributed by atoms with van der Waals surface area (Å²) < 4.78 is 0. The van der Waals surface area contributed by atoms with Crippen LogP contribution in [-0.2, 0) is 0 Å². The van der Waals surface area contributed by atoms with Crippen LogP contribution in [0, 0.1) is 27.7 Å². The average molecular weight is 298 g/mol. The van der Waals surface area contributed by atoms with Crippen LogP contribution in [0.15, 0.2) is 36.4 Å². The van der Waals surface area contributed by atoms with Crippen LogP contribution in [0.25, 0.3) is 0 Å². The molecule has 0 aromatic heterocycles. The summed E-state index contributed by atoms with van der Waals surface area (Å²) in [5.41, 5.74) is 5.55. The zero-order valence-corrected chi connectivity index (χ0v) is 14.9. The first-order chi connectivity index (χ1) is 9.99. The minimum absolute atomic E-state index is 0.222. The van der Waals surface area contributed by atoms with Gasteiger partial charge < -0.3 is 0 Å². The number of rotatable bonds is 5. The van der Waals surface area contributed by atoms with Crippen molar-refractivity contribution in [3.8, 4) is 0 Å². The zero-order valence-electron chi connectivity index (χ0n) is 14.0. The Morgan fingerprint density at radius 1 is 0.667 bits per heavy atom. The molecule has 0 amide bonds. The molecule has 0 fully saturated rings. The summed E-state index contributed by atoms with van der Waals surface area (Å²) in [6, 6.07) is 14.1. The van der Waals surface area contributed by atoms with Gasteiger partial charge in [-0.3, -0.25) is 0 Å². The number of hydrogen-bond donors (Lipinski definition) is 0. The first kappa shape index (κ1) is 16.2. The first-order valence-corrected chi connectivity index (χ1v) is 9.46. The number of unbranched alkanes of at least 4 members (excludes halogenated alkanes) is 1. The molecule has 0 aliphatic carbocycles. The van der Waals surface area contributed by atoms with Gasteiger partial charge in [0, 0.05) is 0 Å². The molecule has 0 atom stereocenters. The van der Waals surface area contributed by atoms with E-state index in [0.29, 0.717) is 0 Å². The molecular weight excluding hydrogens is 271 g/mol. The number of hydrogen-bond acceptors (Lipinski definition) is 0. The lowest BCUT2D eigenvalue weighted by atomic mass is 10.2. The van der Waals surface area contributed by atoms with E-state index in [4.69, 9.17) is 0 Å². The van der Waals surface area contributed by atoms with E-state index in [1.807, 2.05) is 0 Å². The van der Waals surface area contributed by atoms with Crippen LogP contribution in [-0.4, -0.2) is 6.16 Å². The van der Waals surface area contributed by atoms with Crippen molar-refractivity contribution in [2.75, 3.05) is 6.16 Å². The quantitative estimate of drug-likeness (QED) is 0.669. The van der Waals surface area contributed by atoms with Gasteiger partial charge in [-0.1, -0.05) is 72.0 Å². The van der Waals surface area contributed by atoms with E-state index < -0.39 is 0 Å². The van der Waals surface area contributed by atoms with Crippen molar-refractivity contribution in [3.63, 3.8) is 0 Å². The van der Waals surface area contributed by atoms with E-state index in [0.717, 1.165) is 0 Å². The first-order valence-electron chi connectivity index (χ1n) is 7.93. The lowest BCUT2D eigenvalue weighted by Gasteiger charge is -2.21. The maximum absolute atomic E-state index is 2.39. The van der Waals surface area contributed by atoms with Crippen molar-refractivity contribution < 1.29 is 0 Å². The van der Waals surface area contributed by atoms with Gasteiger partial charge in [-0.25, -0.2) is 0 Å². The van der Waals surface area contributed by atoms with Crippen LogP contribution in [0.5, 0.6) is 0 Å². The molecule has 2 aromatic carbocycles. The highest BCUT2D eigenvalue weighted by Gasteiger charge is 2.14. The zero-order chi connectivity index (χ0) is 15.4. The Balaban J connectivity index is 2.46. The molecule has 0 unspecified atom stereocenters. The summed E-state index contributed by atoms with van der Waals surface area (Å²) in [4.78, 5) is 0. The highest BCUT2D eigenvalue weighted by atomic mass is 31.1. The maximum Gasteiger partial charge on any atom is -0.0190 e. The summed E-state index contributed by atoms with van der Waals surface area (Å²) in [7, 11) is -0.222. The minimum Gasteiger partial charge on any atom is -0.0654 e. The van der Waals surface area contributed by atoms with Crippen molar-refractivity contribution in [2.45, 2.75) is 47.5 Å². The Hall–Kier alpha value is -1.13. The SMILES string of the molecule is CCCCP(c1cc(C)cc(C)c1)c1cc(C)cc(C)c1. The maximum atomic E-state index is 2.39.